The summed E-state index contributed by atoms with van der Waals surface area (Å²) >= 11 is 0. The Morgan fingerprint density at radius 3 is 2.67 bits per heavy atom. The molecule has 0 saturated heterocycles. The third kappa shape index (κ3) is 2.91. The fourth-order valence-electron chi connectivity index (χ4n) is 6.02. The highest BCUT2D eigenvalue weighted by molar-refractivity contribution is 5.92. The fourth-order valence-corrected chi connectivity index (χ4v) is 6.02. The number of carbonyl (C=O) groups excluding carboxylic acids is 1. The van der Waals surface area contributed by atoms with Crippen molar-refractivity contribution in [2.24, 2.45) is 22.4 Å². The van der Waals surface area contributed by atoms with Crippen LogP contribution < -0.4 is 9.47 Å². The Bertz CT molecular complexity index is 787. The summed E-state index contributed by atoms with van der Waals surface area (Å²) in [5.74, 6) is 2.77. The van der Waals surface area contributed by atoms with Crippen LogP contribution in [0.5, 0.6) is 11.5 Å². The van der Waals surface area contributed by atoms with Gasteiger partial charge >= 0.3 is 5.97 Å². The zero-order chi connectivity index (χ0) is 19.2. The second-order valence-corrected chi connectivity index (χ2v) is 8.43. The van der Waals surface area contributed by atoms with E-state index in [1.54, 1.807) is 14.2 Å². The summed E-state index contributed by atoms with van der Waals surface area (Å²) in [5, 5.41) is 4.38. The minimum absolute atomic E-state index is 0.177. The van der Waals surface area contributed by atoms with Crippen LogP contribution in [0.3, 0.4) is 0 Å². The summed E-state index contributed by atoms with van der Waals surface area (Å²) in [6.07, 6.45) is 6.78. The lowest BCUT2D eigenvalue weighted by atomic mass is 9.55. The van der Waals surface area contributed by atoms with E-state index in [0.717, 1.165) is 25.7 Å². The molecule has 0 amide bonds. The molecule has 1 aromatic carbocycles. The van der Waals surface area contributed by atoms with Crippen LogP contribution in [-0.2, 0) is 16.1 Å². The van der Waals surface area contributed by atoms with Crippen LogP contribution in [0.15, 0.2) is 17.3 Å². The molecule has 0 unspecified atom stereocenters. The second kappa shape index (κ2) is 6.84. The molecule has 4 atom stereocenters. The summed E-state index contributed by atoms with van der Waals surface area (Å²) in [6, 6.07) is 4.14. The molecular weight excluding hydrogens is 342 g/mol. The van der Waals surface area contributed by atoms with Gasteiger partial charge in [0, 0.05) is 12.3 Å². The van der Waals surface area contributed by atoms with E-state index in [0.29, 0.717) is 29.3 Å². The molecule has 3 aliphatic rings. The Kier molecular flexibility index (Phi) is 4.65. The number of carbonyl (C=O) groups is 1. The smallest absolute Gasteiger partial charge is 0.308 e. The quantitative estimate of drug-likeness (QED) is 0.447. The Hall–Kier alpha value is -2.04. The summed E-state index contributed by atoms with van der Waals surface area (Å²) in [4.78, 5) is 16.6. The van der Waals surface area contributed by atoms with Gasteiger partial charge in [-0.15, -0.1) is 0 Å². The highest BCUT2D eigenvalue weighted by Gasteiger charge is 2.53. The van der Waals surface area contributed by atoms with E-state index in [1.807, 2.05) is 6.07 Å². The molecule has 0 radical (unpaired) electrons. The van der Waals surface area contributed by atoms with E-state index in [-0.39, 0.29) is 11.4 Å². The van der Waals surface area contributed by atoms with Crippen molar-refractivity contribution in [2.75, 3.05) is 14.2 Å². The molecule has 5 heteroatoms. The number of aryl methyl sites for hydroxylation is 1. The first-order chi connectivity index (χ1) is 13.0. The van der Waals surface area contributed by atoms with Crippen molar-refractivity contribution in [3.8, 4) is 11.5 Å². The average Bonchev–Trinajstić information content (AvgIpc) is 2.97. The van der Waals surface area contributed by atoms with Crippen LogP contribution in [0.1, 0.15) is 63.0 Å². The maximum absolute atomic E-state index is 11.4. The predicted molar refractivity (Wildman–Crippen MR) is 103 cm³/mol. The van der Waals surface area contributed by atoms with Crippen molar-refractivity contribution < 1.29 is 19.1 Å². The third-order valence-corrected chi connectivity index (χ3v) is 7.21. The zero-order valence-corrected chi connectivity index (χ0v) is 16.7. The van der Waals surface area contributed by atoms with Crippen molar-refractivity contribution in [1.82, 2.24) is 0 Å². The van der Waals surface area contributed by atoms with Gasteiger partial charge in [0.05, 0.1) is 12.8 Å². The maximum Gasteiger partial charge on any atom is 0.308 e. The van der Waals surface area contributed by atoms with E-state index >= 15 is 0 Å². The van der Waals surface area contributed by atoms with Gasteiger partial charge in [-0.2, -0.15) is 0 Å². The summed E-state index contributed by atoms with van der Waals surface area (Å²) in [6.45, 7) is 3.81. The molecule has 0 heterocycles. The number of methoxy groups -OCH3 is 1. The van der Waals surface area contributed by atoms with E-state index < -0.39 is 0 Å². The van der Waals surface area contributed by atoms with Crippen molar-refractivity contribution >= 4 is 11.7 Å². The first-order valence-corrected chi connectivity index (χ1v) is 9.97. The normalized spacial score (nSPS) is 33.0. The topological polar surface area (TPSA) is 57.1 Å². The SMILES string of the molecule is CON=C1CC[C@H]2[C@@H]3CCc4cc(OC(C)=O)c(OC)cc4[C@H]3CC[C@]12C. The molecule has 4 rings (SSSR count). The molecule has 27 heavy (non-hydrogen) atoms. The number of fused-ring (bicyclic) bond motifs is 5. The van der Waals surface area contributed by atoms with E-state index in [1.165, 1.54) is 36.6 Å². The molecule has 0 aromatic heterocycles. The molecule has 0 N–H and O–H groups in total. The predicted octanol–water partition coefficient (Wildman–Crippen LogP) is 4.48. The number of oxime groups is 1. The summed E-state index contributed by atoms with van der Waals surface area (Å²) in [5.41, 5.74) is 4.12. The molecule has 2 saturated carbocycles. The first kappa shape index (κ1) is 18.3. The number of esters is 1. The van der Waals surface area contributed by atoms with Gasteiger partial charge in [0.15, 0.2) is 11.5 Å². The fraction of sp³-hybridized carbons (Fsp3) is 0.636. The minimum atomic E-state index is -0.314. The Morgan fingerprint density at radius 2 is 1.96 bits per heavy atom. The Balaban J connectivity index is 1.68. The van der Waals surface area contributed by atoms with E-state index in [2.05, 4.69) is 18.1 Å². The van der Waals surface area contributed by atoms with Gasteiger partial charge in [0.25, 0.3) is 0 Å². The molecule has 5 nitrogen and oxygen atoms in total. The second-order valence-electron chi connectivity index (χ2n) is 8.43. The summed E-state index contributed by atoms with van der Waals surface area (Å²) < 4.78 is 10.9. The molecular formula is C22H29NO4. The molecule has 146 valence electrons. The van der Waals surface area contributed by atoms with Crippen molar-refractivity contribution in [3.05, 3.63) is 23.3 Å². The monoisotopic (exact) mass is 371 g/mol. The van der Waals surface area contributed by atoms with Gasteiger partial charge in [-0.25, -0.2) is 0 Å². The highest BCUT2D eigenvalue weighted by atomic mass is 16.6. The minimum Gasteiger partial charge on any atom is -0.493 e. The lowest BCUT2D eigenvalue weighted by molar-refractivity contribution is -0.132. The van der Waals surface area contributed by atoms with E-state index in [4.69, 9.17) is 14.3 Å². The first-order valence-electron chi connectivity index (χ1n) is 9.97. The molecule has 0 bridgehead atoms. The Labute approximate surface area is 161 Å². The van der Waals surface area contributed by atoms with Crippen LogP contribution in [0.2, 0.25) is 0 Å². The van der Waals surface area contributed by atoms with Crippen LogP contribution in [0.25, 0.3) is 0 Å². The Morgan fingerprint density at radius 1 is 1.15 bits per heavy atom. The maximum atomic E-state index is 11.4. The average molecular weight is 371 g/mol. The van der Waals surface area contributed by atoms with Crippen LogP contribution in [0.4, 0.5) is 0 Å². The van der Waals surface area contributed by atoms with Crippen molar-refractivity contribution in [1.29, 1.82) is 0 Å². The lowest BCUT2D eigenvalue weighted by Gasteiger charge is -2.49. The highest BCUT2D eigenvalue weighted by Crippen LogP contribution is 2.60. The van der Waals surface area contributed by atoms with E-state index in [9.17, 15) is 4.79 Å². The van der Waals surface area contributed by atoms with Crippen LogP contribution in [-0.4, -0.2) is 25.9 Å². The number of hydrogen-bond donors (Lipinski definition) is 0. The molecule has 3 aliphatic carbocycles. The van der Waals surface area contributed by atoms with Gasteiger partial charge in [0.1, 0.15) is 7.11 Å². The van der Waals surface area contributed by atoms with Crippen molar-refractivity contribution in [2.45, 2.75) is 58.3 Å². The van der Waals surface area contributed by atoms with Crippen LogP contribution >= 0.6 is 0 Å². The lowest BCUT2D eigenvalue weighted by Crippen LogP contribution is -2.42. The third-order valence-electron chi connectivity index (χ3n) is 7.21. The largest absolute Gasteiger partial charge is 0.493 e. The van der Waals surface area contributed by atoms with Gasteiger partial charge < -0.3 is 14.3 Å². The molecule has 2 fully saturated rings. The zero-order valence-electron chi connectivity index (χ0n) is 16.7. The van der Waals surface area contributed by atoms with Crippen LogP contribution in [0, 0.1) is 17.3 Å². The molecule has 0 spiro atoms. The standard InChI is InChI=1S/C22H29NO4/c1-13(24)27-20-11-14-5-6-16-15(17(14)12-19(20)25-3)9-10-22(2)18(16)7-8-21(22)23-26-4/h11-12,15-16,18H,5-10H2,1-4H3/t15-,16+,18-,22-/m0/s1. The number of benzene rings is 1. The number of hydrogen-bond acceptors (Lipinski definition) is 5. The van der Waals surface area contributed by atoms with Gasteiger partial charge in [-0.05, 0) is 79.5 Å². The number of nitrogens with zero attached hydrogens (tertiary/aromatic N) is 1. The summed E-state index contributed by atoms with van der Waals surface area (Å²) in [7, 11) is 3.29. The molecule has 1 aromatic rings. The number of rotatable bonds is 3. The van der Waals surface area contributed by atoms with Gasteiger partial charge in [-0.1, -0.05) is 12.1 Å². The molecule has 0 aliphatic heterocycles. The van der Waals surface area contributed by atoms with Gasteiger partial charge in [0.2, 0.25) is 0 Å². The van der Waals surface area contributed by atoms with Gasteiger partial charge in [-0.3, -0.25) is 4.79 Å². The van der Waals surface area contributed by atoms with Crippen molar-refractivity contribution in [3.63, 3.8) is 0 Å². The number of ether oxygens (including phenoxy) is 2.